The number of esters is 1. The molecule has 2 aliphatic rings. The molecule has 2 amide bonds. The Kier molecular flexibility index (Phi) is 4.80. The van der Waals surface area contributed by atoms with Gasteiger partial charge in [-0.2, -0.15) is 0 Å². The second kappa shape index (κ2) is 7.00. The number of carbonyl (C=O) groups excluding carboxylic acids is 3. The first-order valence-corrected chi connectivity index (χ1v) is 7.96. The van der Waals surface area contributed by atoms with Crippen molar-refractivity contribution in [1.29, 1.82) is 0 Å². The summed E-state index contributed by atoms with van der Waals surface area (Å²) in [5.41, 5.74) is 0.819. The number of ether oxygens (including phenoxy) is 2. The number of para-hydroxylation sites is 1. The Morgan fingerprint density at radius 2 is 1.92 bits per heavy atom. The lowest BCUT2D eigenvalue weighted by molar-refractivity contribution is -0.139. The van der Waals surface area contributed by atoms with E-state index in [-0.39, 0.29) is 30.7 Å². The van der Waals surface area contributed by atoms with Gasteiger partial charge in [-0.05, 0) is 12.1 Å². The van der Waals surface area contributed by atoms with Crippen molar-refractivity contribution in [2.24, 2.45) is 5.92 Å². The third-order valence-corrected chi connectivity index (χ3v) is 4.40. The molecule has 0 radical (unpaired) electrons. The summed E-state index contributed by atoms with van der Waals surface area (Å²) < 4.78 is 10.0. The van der Waals surface area contributed by atoms with Crippen molar-refractivity contribution in [2.45, 2.75) is 6.42 Å². The number of nitrogens with zero attached hydrogens (tertiary/aromatic N) is 2. The first-order valence-electron chi connectivity index (χ1n) is 7.96. The maximum Gasteiger partial charge on any atom is 0.339 e. The van der Waals surface area contributed by atoms with E-state index >= 15 is 0 Å². The summed E-state index contributed by atoms with van der Waals surface area (Å²) in [5, 5.41) is 0. The molecule has 24 heavy (non-hydrogen) atoms. The van der Waals surface area contributed by atoms with Crippen LogP contribution in [0.25, 0.3) is 0 Å². The Labute approximate surface area is 140 Å². The lowest BCUT2D eigenvalue weighted by atomic mass is 10.1. The van der Waals surface area contributed by atoms with Gasteiger partial charge in [0.15, 0.2) is 0 Å². The molecule has 0 saturated carbocycles. The van der Waals surface area contributed by atoms with Gasteiger partial charge >= 0.3 is 5.97 Å². The fourth-order valence-electron chi connectivity index (χ4n) is 3.14. The first-order chi connectivity index (χ1) is 11.6. The lowest BCUT2D eigenvalue weighted by Gasteiger charge is -2.29. The number of amides is 2. The molecule has 0 bridgehead atoms. The highest BCUT2D eigenvalue weighted by molar-refractivity contribution is 6.05. The van der Waals surface area contributed by atoms with Crippen LogP contribution in [0.1, 0.15) is 16.8 Å². The normalized spacial score (nSPS) is 21.0. The highest BCUT2D eigenvalue weighted by Gasteiger charge is 2.38. The number of hydrogen-bond donors (Lipinski definition) is 0. The van der Waals surface area contributed by atoms with Crippen molar-refractivity contribution in [3.8, 4) is 0 Å². The van der Waals surface area contributed by atoms with E-state index in [0.29, 0.717) is 37.6 Å². The van der Waals surface area contributed by atoms with Crippen molar-refractivity contribution in [3.05, 3.63) is 29.8 Å². The zero-order valence-electron chi connectivity index (χ0n) is 13.6. The Morgan fingerprint density at radius 3 is 2.62 bits per heavy atom. The van der Waals surface area contributed by atoms with Crippen molar-refractivity contribution in [2.75, 3.05) is 44.9 Å². The fourth-order valence-corrected chi connectivity index (χ4v) is 3.14. The maximum absolute atomic E-state index is 12.6. The summed E-state index contributed by atoms with van der Waals surface area (Å²) >= 11 is 0. The van der Waals surface area contributed by atoms with E-state index in [1.165, 1.54) is 12.0 Å². The first kappa shape index (κ1) is 16.4. The average Bonchev–Trinajstić information content (AvgIpc) is 3.02. The average molecular weight is 332 g/mol. The van der Waals surface area contributed by atoms with E-state index in [9.17, 15) is 14.4 Å². The molecule has 1 aromatic carbocycles. The third kappa shape index (κ3) is 3.12. The monoisotopic (exact) mass is 332 g/mol. The van der Waals surface area contributed by atoms with Crippen LogP contribution in [0.2, 0.25) is 0 Å². The van der Waals surface area contributed by atoms with Gasteiger partial charge in [0, 0.05) is 26.1 Å². The van der Waals surface area contributed by atoms with Crippen LogP contribution in [0.4, 0.5) is 5.69 Å². The van der Waals surface area contributed by atoms with E-state index in [1.54, 1.807) is 29.2 Å². The number of anilines is 1. The summed E-state index contributed by atoms with van der Waals surface area (Å²) in [6, 6.07) is 6.79. The Bertz CT molecular complexity index is 654. The second-order valence-corrected chi connectivity index (χ2v) is 5.85. The highest BCUT2D eigenvalue weighted by Crippen LogP contribution is 2.29. The molecule has 0 N–H and O–H groups in total. The van der Waals surface area contributed by atoms with E-state index in [2.05, 4.69) is 0 Å². The largest absolute Gasteiger partial charge is 0.465 e. The summed E-state index contributed by atoms with van der Waals surface area (Å²) in [7, 11) is 1.30. The molecule has 0 aromatic heterocycles. The summed E-state index contributed by atoms with van der Waals surface area (Å²) in [5.74, 6) is -1.06. The maximum atomic E-state index is 12.6. The molecule has 7 heteroatoms. The van der Waals surface area contributed by atoms with Crippen LogP contribution in [0, 0.1) is 5.92 Å². The van der Waals surface area contributed by atoms with E-state index < -0.39 is 5.97 Å². The van der Waals surface area contributed by atoms with E-state index in [1.807, 2.05) is 0 Å². The van der Waals surface area contributed by atoms with Crippen LogP contribution in [-0.2, 0) is 19.1 Å². The molecular formula is C17H20N2O5. The van der Waals surface area contributed by atoms with Gasteiger partial charge in [-0.3, -0.25) is 9.59 Å². The molecule has 7 nitrogen and oxygen atoms in total. The summed E-state index contributed by atoms with van der Waals surface area (Å²) in [6.07, 6.45) is 0.158. The lowest BCUT2D eigenvalue weighted by Crippen LogP contribution is -2.44. The zero-order valence-corrected chi connectivity index (χ0v) is 13.6. The molecule has 0 unspecified atom stereocenters. The molecule has 2 fully saturated rings. The molecule has 0 aliphatic carbocycles. The standard InChI is InChI=1S/C17H20N2O5/c1-23-17(22)13-4-2-3-5-14(13)19-11-12(10-15(19)20)16(21)18-6-8-24-9-7-18/h2-5,12H,6-11H2,1H3/t12-/m1/s1. The minimum atomic E-state index is -0.499. The topological polar surface area (TPSA) is 76.2 Å². The molecule has 1 aromatic rings. The number of carbonyl (C=O) groups is 3. The predicted octanol–water partition coefficient (Wildman–Crippen LogP) is 0.685. The number of hydrogen-bond acceptors (Lipinski definition) is 5. The Hall–Kier alpha value is -2.41. The molecule has 128 valence electrons. The van der Waals surface area contributed by atoms with Crippen LogP contribution in [0.5, 0.6) is 0 Å². The zero-order chi connectivity index (χ0) is 17.1. The Balaban J connectivity index is 1.78. The molecule has 2 heterocycles. The van der Waals surface area contributed by atoms with Crippen LogP contribution < -0.4 is 4.90 Å². The number of methoxy groups -OCH3 is 1. The van der Waals surface area contributed by atoms with Crippen LogP contribution in [-0.4, -0.2) is 62.6 Å². The molecular weight excluding hydrogens is 312 g/mol. The van der Waals surface area contributed by atoms with Crippen LogP contribution in [0.15, 0.2) is 24.3 Å². The minimum absolute atomic E-state index is 0.0234. The second-order valence-electron chi connectivity index (χ2n) is 5.85. The van der Waals surface area contributed by atoms with Crippen molar-refractivity contribution >= 4 is 23.5 Å². The van der Waals surface area contributed by atoms with Crippen molar-refractivity contribution in [1.82, 2.24) is 4.90 Å². The van der Waals surface area contributed by atoms with Gasteiger partial charge < -0.3 is 19.3 Å². The smallest absolute Gasteiger partial charge is 0.339 e. The van der Waals surface area contributed by atoms with Crippen LogP contribution in [0.3, 0.4) is 0 Å². The van der Waals surface area contributed by atoms with Crippen LogP contribution >= 0.6 is 0 Å². The van der Waals surface area contributed by atoms with E-state index in [0.717, 1.165) is 0 Å². The van der Waals surface area contributed by atoms with Gasteiger partial charge in [-0.15, -0.1) is 0 Å². The fraction of sp³-hybridized carbons (Fsp3) is 0.471. The van der Waals surface area contributed by atoms with Gasteiger partial charge in [0.05, 0.1) is 37.5 Å². The molecule has 2 saturated heterocycles. The molecule has 3 rings (SSSR count). The minimum Gasteiger partial charge on any atom is -0.465 e. The highest BCUT2D eigenvalue weighted by atomic mass is 16.5. The summed E-state index contributed by atoms with van der Waals surface area (Å²) in [4.78, 5) is 40.2. The predicted molar refractivity (Wildman–Crippen MR) is 85.6 cm³/mol. The number of morpholine rings is 1. The van der Waals surface area contributed by atoms with Gasteiger partial charge in [0.1, 0.15) is 0 Å². The van der Waals surface area contributed by atoms with Crippen molar-refractivity contribution in [3.63, 3.8) is 0 Å². The van der Waals surface area contributed by atoms with Gasteiger partial charge in [0.2, 0.25) is 11.8 Å². The Morgan fingerprint density at radius 1 is 1.21 bits per heavy atom. The molecule has 0 spiro atoms. The van der Waals surface area contributed by atoms with Crippen molar-refractivity contribution < 1.29 is 23.9 Å². The van der Waals surface area contributed by atoms with Gasteiger partial charge in [-0.25, -0.2) is 4.79 Å². The van der Waals surface area contributed by atoms with Gasteiger partial charge in [0.25, 0.3) is 0 Å². The number of rotatable bonds is 3. The van der Waals surface area contributed by atoms with E-state index in [4.69, 9.17) is 9.47 Å². The van der Waals surface area contributed by atoms with Gasteiger partial charge in [-0.1, -0.05) is 12.1 Å². The SMILES string of the molecule is COC(=O)c1ccccc1N1C[C@H](C(=O)N2CCOCC2)CC1=O. The molecule has 1 atom stereocenters. The molecule has 2 aliphatic heterocycles. The third-order valence-electron chi connectivity index (χ3n) is 4.40. The quantitative estimate of drug-likeness (QED) is 0.761. The summed E-state index contributed by atoms with van der Waals surface area (Å²) in [6.45, 7) is 2.45. The number of benzene rings is 1.